The minimum atomic E-state index is 0.0492. The first-order valence-electron chi connectivity index (χ1n) is 3.32. The van der Waals surface area contributed by atoms with Gasteiger partial charge in [-0.3, -0.25) is 9.79 Å². The number of nitrogens with zero attached hydrogens (tertiary/aromatic N) is 1. The lowest BCUT2D eigenvalue weighted by atomic mass is 10.2. The van der Waals surface area contributed by atoms with Gasteiger partial charge < -0.3 is 5.32 Å². The molecule has 0 saturated carbocycles. The number of halogens is 1. The molecule has 0 aromatic carbocycles. The first-order valence-corrected chi connectivity index (χ1v) is 4.44. The molecule has 0 spiro atoms. The summed E-state index contributed by atoms with van der Waals surface area (Å²) in [6.07, 6.45) is 3.38. The summed E-state index contributed by atoms with van der Waals surface area (Å²) in [7, 11) is 0. The van der Waals surface area contributed by atoms with E-state index >= 15 is 0 Å². The lowest BCUT2D eigenvalue weighted by Crippen LogP contribution is -2.25. The smallest absolute Gasteiger partial charge is 0.176 e. The van der Waals surface area contributed by atoms with Crippen LogP contribution in [-0.4, -0.2) is 23.5 Å². The summed E-state index contributed by atoms with van der Waals surface area (Å²) in [5, 5.41) is 3.29. The number of carbonyl (C=O) groups is 1. The first-order chi connectivity index (χ1) is 5.24. The van der Waals surface area contributed by atoms with Crippen molar-refractivity contribution in [3.05, 3.63) is 11.8 Å². The Labute approximate surface area is 73.7 Å². The Morgan fingerprint density at radius 1 is 1.91 bits per heavy atom. The van der Waals surface area contributed by atoms with E-state index in [2.05, 4.69) is 26.2 Å². The third-order valence-electron chi connectivity index (χ3n) is 1.36. The van der Waals surface area contributed by atoms with Crippen LogP contribution in [0.25, 0.3) is 0 Å². The number of ketones is 1. The van der Waals surface area contributed by atoms with E-state index in [0.29, 0.717) is 10.9 Å². The molecular formula is C7H9BrN2O. The fourth-order valence-corrected chi connectivity index (χ4v) is 1.04. The molecule has 0 aromatic rings. The van der Waals surface area contributed by atoms with Crippen LogP contribution >= 0.6 is 15.9 Å². The quantitative estimate of drug-likeness (QED) is 0.696. The van der Waals surface area contributed by atoms with Crippen LogP contribution in [-0.2, 0) is 4.79 Å². The second kappa shape index (κ2) is 3.67. The summed E-state index contributed by atoms with van der Waals surface area (Å²) in [5.41, 5.74) is 0.625. The van der Waals surface area contributed by atoms with E-state index in [1.165, 1.54) is 0 Å². The predicted molar refractivity (Wildman–Crippen MR) is 48.0 cm³/mol. The highest BCUT2D eigenvalue weighted by atomic mass is 79.9. The van der Waals surface area contributed by atoms with Gasteiger partial charge in [-0.2, -0.15) is 0 Å². The van der Waals surface area contributed by atoms with Gasteiger partial charge in [-0.25, -0.2) is 0 Å². The Morgan fingerprint density at radius 3 is 3.09 bits per heavy atom. The maximum Gasteiger partial charge on any atom is 0.176 e. The van der Waals surface area contributed by atoms with Crippen molar-refractivity contribution in [2.24, 2.45) is 4.99 Å². The SMILES string of the molecule is CC1N=CC(C(=O)CBr)=CN1. The molecule has 3 nitrogen and oxygen atoms in total. The Hall–Kier alpha value is -0.640. The number of nitrogens with one attached hydrogen (secondary N) is 1. The van der Waals surface area contributed by atoms with Crippen molar-refractivity contribution < 1.29 is 4.79 Å². The van der Waals surface area contributed by atoms with Crippen molar-refractivity contribution in [1.82, 2.24) is 5.32 Å². The number of alkyl halides is 1. The highest BCUT2D eigenvalue weighted by Gasteiger charge is 2.09. The zero-order valence-electron chi connectivity index (χ0n) is 6.17. The largest absolute Gasteiger partial charge is 0.369 e. The Balaban J connectivity index is 2.63. The highest BCUT2D eigenvalue weighted by molar-refractivity contribution is 9.09. The van der Waals surface area contributed by atoms with Gasteiger partial charge in [0.05, 0.1) is 10.9 Å². The van der Waals surface area contributed by atoms with Gasteiger partial charge in [0.1, 0.15) is 6.17 Å². The van der Waals surface area contributed by atoms with Gasteiger partial charge in [0.25, 0.3) is 0 Å². The van der Waals surface area contributed by atoms with E-state index in [0.717, 1.165) is 0 Å². The molecule has 1 rings (SSSR count). The summed E-state index contributed by atoms with van der Waals surface area (Å²) in [4.78, 5) is 15.1. The van der Waals surface area contributed by atoms with Crippen LogP contribution in [0.1, 0.15) is 6.92 Å². The molecule has 0 radical (unpaired) electrons. The minimum Gasteiger partial charge on any atom is -0.369 e. The van der Waals surface area contributed by atoms with E-state index in [9.17, 15) is 4.79 Å². The van der Waals surface area contributed by atoms with Crippen LogP contribution in [0.4, 0.5) is 0 Å². The molecule has 0 amide bonds. The molecule has 0 aliphatic carbocycles. The molecule has 1 aliphatic heterocycles. The molecule has 60 valence electrons. The number of rotatable bonds is 2. The van der Waals surface area contributed by atoms with Crippen molar-refractivity contribution in [2.45, 2.75) is 13.1 Å². The lowest BCUT2D eigenvalue weighted by Gasteiger charge is -2.11. The van der Waals surface area contributed by atoms with Crippen molar-refractivity contribution >= 4 is 27.9 Å². The number of Topliss-reactive ketones (excluding diaryl/α,β-unsaturated/α-hetero) is 1. The zero-order valence-corrected chi connectivity index (χ0v) is 7.76. The molecule has 0 bridgehead atoms. The number of hydrogen-bond acceptors (Lipinski definition) is 3. The molecule has 1 N–H and O–H groups in total. The Bertz CT molecular complexity index is 222. The molecule has 1 aliphatic rings. The standard InChI is InChI=1S/C7H9BrN2O/c1-5-9-3-6(4-10-5)7(11)2-8/h3-5,9H,2H2,1H3. The van der Waals surface area contributed by atoms with Gasteiger partial charge in [-0.15, -0.1) is 0 Å². The van der Waals surface area contributed by atoms with Gasteiger partial charge in [0.2, 0.25) is 0 Å². The predicted octanol–water partition coefficient (Wildman–Crippen LogP) is 0.854. The third kappa shape index (κ3) is 2.15. The molecule has 11 heavy (non-hydrogen) atoms. The van der Waals surface area contributed by atoms with E-state index in [1.54, 1.807) is 12.4 Å². The van der Waals surface area contributed by atoms with Gasteiger partial charge in [0, 0.05) is 12.4 Å². The van der Waals surface area contributed by atoms with Gasteiger partial charge in [-0.1, -0.05) is 15.9 Å². The summed E-state index contributed by atoms with van der Waals surface area (Å²) in [6, 6.07) is 0. The van der Waals surface area contributed by atoms with E-state index in [1.807, 2.05) is 6.92 Å². The van der Waals surface area contributed by atoms with Gasteiger partial charge >= 0.3 is 0 Å². The fraction of sp³-hybridized carbons (Fsp3) is 0.429. The van der Waals surface area contributed by atoms with Crippen LogP contribution in [0.5, 0.6) is 0 Å². The highest BCUT2D eigenvalue weighted by Crippen LogP contribution is 2.01. The van der Waals surface area contributed by atoms with Crippen LogP contribution in [0.15, 0.2) is 16.8 Å². The zero-order chi connectivity index (χ0) is 8.27. The molecule has 1 unspecified atom stereocenters. The fourth-order valence-electron chi connectivity index (χ4n) is 0.712. The monoisotopic (exact) mass is 216 g/mol. The van der Waals surface area contributed by atoms with E-state index in [-0.39, 0.29) is 11.9 Å². The lowest BCUT2D eigenvalue weighted by molar-refractivity contribution is -0.112. The van der Waals surface area contributed by atoms with Crippen molar-refractivity contribution in [3.63, 3.8) is 0 Å². The molecule has 1 heterocycles. The van der Waals surface area contributed by atoms with Crippen molar-refractivity contribution in [1.29, 1.82) is 0 Å². The second-order valence-corrected chi connectivity index (χ2v) is 2.84. The van der Waals surface area contributed by atoms with Crippen LogP contribution in [0.2, 0.25) is 0 Å². The first kappa shape index (κ1) is 8.46. The summed E-state index contributed by atoms with van der Waals surface area (Å²) < 4.78 is 0. The molecule has 0 fully saturated rings. The maximum atomic E-state index is 11.0. The topological polar surface area (TPSA) is 41.5 Å². The number of carbonyl (C=O) groups excluding carboxylic acids is 1. The van der Waals surface area contributed by atoms with Crippen molar-refractivity contribution in [2.75, 3.05) is 5.33 Å². The number of allylic oxidation sites excluding steroid dienone is 1. The molecule has 0 aromatic heterocycles. The van der Waals surface area contributed by atoms with Crippen LogP contribution in [0, 0.1) is 0 Å². The van der Waals surface area contributed by atoms with Crippen LogP contribution < -0.4 is 5.32 Å². The summed E-state index contributed by atoms with van der Waals surface area (Å²) in [6.45, 7) is 1.92. The average molecular weight is 217 g/mol. The van der Waals surface area contributed by atoms with Gasteiger partial charge in [0.15, 0.2) is 5.78 Å². The molecular weight excluding hydrogens is 208 g/mol. The van der Waals surface area contributed by atoms with Gasteiger partial charge in [-0.05, 0) is 6.92 Å². The normalized spacial score (nSPS) is 22.4. The Morgan fingerprint density at radius 2 is 2.64 bits per heavy atom. The number of aliphatic imine (C=N–C) groups is 1. The third-order valence-corrected chi connectivity index (χ3v) is 1.87. The van der Waals surface area contributed by atoms with E-state index < -0.39 is 0 Å². The summed E-state index contributed by atoms with van der Waals surface area (Å²) in [5.74, 6) is 0.0492. The summed E-state index contributed by atoms with van der Waals surface area (Å²) >= 11 is 3.09. The number of hydrogen-bond donors (Lipinski definition) is 1. The molecule has 0 saturated heterocycles. The van der Waals surface area contributed by atoms with Crippen molar-refractivity contribution in [3.8, 4) is 0 Å². The van der Waals surface area contributed by atoms with E-state index in [4.69, 9.17) is 0 Å². The average Bonchev–Trinajstić information content (AvgIpc) is 2.05. The minimum absolute atomic E-state index is 0.0492. The Kier molecular flexibility index (Phi) is 2.82. The molecule has 1 atom stereocenters. The molecule has 4 heteroatoms. The second-order valence-electron chi connectivity index (χ2n) is 2.28. The maximum absolute atomic E-state index is 11.0. The van der Waals surface area contributed by atoms with Crippen LogP contribution in [0.3, 0.4) is 0 Å².